The van der Waals surface area contributed by atoms with Crippen molar-refractivity contribution in [1.29, 1.82) is 0 Å². The van der Waals surface area contributed by atoms with Crippen LogP contribution in [-0.4, -0.2) is 29.8 Å². The Morgan fingerprint density at radius 2 is 2.11 bits per heavy atom. The third kappa shape index (κ3) is 4.63. The molecule has 0 saturated heterocycles. The highest BCUT2D eigenvalue weighted by Gasteiger charge is 2.12. The van der Waals surface area contributed by atoms with Crippen LogP contribution in [0.3, 0.4) is 0 Å². The topological polar surface area (TPSA) is 54.4 Å². The molecule has 1 atom stereocenters. The fourth-order valence-corrected chi connectivity index (χ4v) is 1.96. The van der Waals surface area contributed by atoms with E-state index < -0.39 is 0 Å². The smallest absolute Gasteiger partial charge is 0.122 e. The number of nitrogens with zero attached hydrogens (tertiary/aromatic N) is 1. The third-order valence-electron chi connectivity index (χ3n) is 3.01. The van der Waals surface area contributed by atoms with Crippen LogP contribution in [-0.2, 0) is 6.54 Å². The molecule has 2 N–H and O–H groups in total. The summed E-state index contributed by atoms with van der Waals surface area (Å²) in [6.07, 6.45) is 0.765. The number of aliphatic hydroxyl groups is 1. The zero-order chi connectivity index (χ0) is 13.5. The number of aromatic nitrogens is 1. The van der Waals surface area contributed by atoms with Gasteiger partial charge < -0.3 is 15.2 Å². The SMILES string of the molecule is COc1cc(C)nc(CNC(CCO)C(C)C)c1. The molecule has 1 aromatic rings. The second-order valence-corrected chi connectivity index (χ2v) is 4.88. The van der Waals surface area contributed by atoms with E-state index in [1.807, 2.05) is 19.1 Å². The first-order valence-electron chi connectivity index (χ1n) is 6.42. The Kier molecular flexibility index (Phi) is 6.09. The number of aliphatic hydroxyl groups excluding tert-OH is 1. The molecule has 0 amide bonds. The standard InChI is InChI=1S/C14H24N2O2/c1-10(2)14(5-6-17)15-9-12-8-13(18-4)7-11(3)16-12/h7-8,10,14-15,17H,5-6,9H2,1-4H3. The van der Waals surface area contributed by atoms with Crippen molar-refractivity contribution in [2.45, 2.75) is 39.8 Å². The van der Waals surface area contributed by atoms with E-state index >= 15 is 0 Å². The Morgan fingerprint density at radius 3 is 2.67 bits per heavy atom. The van der Waals surface area contributed by atoms with Gasteiger partial charge in [0.1, 0.15) is 5.75 Å². The lowest BCUT2D eigenvalue weighted by molar-refractivity contribution is 0.243. The van der Waals surface area contributed by atoms with E-state index in [0.29, 0.717) is 18.5 Å². The van der Waals surface area contributed by atoms with Gasteiger partial charge in [-0.3, -0.25) is 4.98 Å². The van der Waals surface area contributed by atoms with Crippen molar-refractivity contribution < 1.29 is 9.84 Å². The first-order valence-corrected chi connectivity index (χ1v) is 6.42. The summed E-state index contributed by atoms with van der Waals surface area (Å²) in [6.45, 7) is 7.16. The van der Waals surface area contributed by atoms with Gasteiger partial charge >= 0.3 is 0 Å². The zero-order valence-corrected chi connectivity index (χ0v) is 11.7. The number of hydrogen-bond donors (Lipinski definition) is 2. The first-order chi connectivity index (χ1) is 8.56. The minimum Gasteiger partial charge on any atom is -0.497 e. The van der Waals surface area contributed by atoms with Gasteiger partial charge in [0.05, 0.1) is 12.8 Å². The van der Waals surface area contributed by atoms with E-state index in [-0.39, 0.29) is 6.61 Å². The largest absolute Gasteiger partial charge is 0.497 e. The molecule has 1 heterocycles. The molecule has 0 saturated carbocycles. The number of pyridine rings is 1. The van der Waals surface area contributed by atoms with E-state index in [4.69, 9.17) is 9.84 Å². The zero-order valence-electron chi connectivity index (χ0n) is 11.7. The van der Waals surface area contributed by atoms with Crippen LogP contribution in [0.2, 0.25) is 0 Å². The summed E-state index contributed by atoms with van der Waals surface area (Å²) in [5, 5.41) is 12.5. The molecular formula is C14H24N2O2. The summed E-state index contributed by atoms with van der Waals surface area (Å²) in [5.74, 6) is 1.33. The fourth-order valence-electron chi connectivity index (χ4n) is 1.96. The van der Waals surface area contributed by atoms with Crippen LogP contribution >= 0.6 is 0 Å². The average Bonchev–Trinajstić information content (AvgIpc) is 2.33. The minimum atomic E-state index is 0.209. The highest BCUT2D eigenvalue weighted by atomic mass is 16.5. The van der Waals surface area contributed by atoms with Crippen molar-refractivity contribution in [3.05, 3.63) is 23.5 Å². The van der Waals surface area contributed by atoms with Gasteiger partial charge in [0.25, 0.3) is 0 Å². The van der Waals surface area contributed by atoms with Crippen molar-refractivity contribution in [1.82, 2.24) is 10.3 Å². The number of aryl methyl sites for hydroxylation is 1. The molecule has 4 heteroatoms. The van der Waals surface area contributed by atoms with Crippen LogP contribution in [0.4, 0.5) is 0 Å². The van der Waals surface area contributed by atoms with E-state index in [1.165, 1.54) is 0 Å². The number of nitrogens with one attached hydrogen (secondary N) is 1. The molecule has 0 bridgehead atoms. The predicted molar refractivity (Wildman–Crippen MR) is 72.7 cm³/mol. The molecule has 1 rings (SSSR count). The van der Waals surface area contributed by atoms with E-state index in [2.05, 4.69) is 24.1 Å². The molecule has 0 fully saturated rings. The second kappa shape index (κ2) is 7.34. The second-order valence-electron chi connectivity index (χ2n) is 4.88. The molecular weight excluding hydrogens is 228 g/mol. The lowest BCUT2D eigenvalue weighted by atomic mass is 10.0. The average molecular weight is 252 g/mol. The van der Waals surface area contributed by atoms with Crippen molar-refractivity contribution in [2.75, 3.05) is 13.7 Å². The van der Waals surface area contributed by atoms with Crippen LogP contribution in [0.1, 0.15) is 31.7 Å². The van der Waals surface area contributed by atoms with E-state index in [0.717, 1.165) is 23.6 Å². The van der Waals surface area contributed by atoms with E-state index in [9.17, 15) is 0 Å². The Bertz CT molecular complexity index is 367. The number of rotatable bonds is 7. The number of methoxy groups -OCH3 is 1. The Morgan fingerprint density at radius 1 is 1.39 bits per heavy atom. The van der Waals surface area contributed by atoms with Crippen molar-refractivity contribution in [3.8, 4) is 5.75 Å². The number of hydrogen-bond acceptors (Lipinski definition) is 4. The predicted octanol–water partition coefficient (Wildman–Crippen LogP) is 1.90. The fraction of sp³-hybridized carbons (Fsp3) is 0.643. The Hall–Kier alpha value is -1.13. The summed E-state index contributed by atoms with van der Waals surface area (Å²) in [5.41, 5.74) is 1.92. The van der Waals surface area contributed by atoms with Crippen LogP contribution in [0, 0.1) is 12.8 Å². The third-order valence-corrected chi connectivity index (χ3v) is 3.01. The summed E-state index contributed by atoms with van der Waals surface area (Å²) < 4.78 is 5.23. The van der Waals surface area contributed by atoms with Crippen LogP contribution in [0.5, 0.6) is 5.75 Å². The van der Waals surface area contributed by atoms with Gasteiger partial charge in [0.2, 0.25) is 0 Å². The van der Waals surface area contributed by atoms with Gasteiger partial charge in [0, 0.05) is 37.0 Å². The van der Waals surface area contributed by atoms with Crippen molar-refractivity contribution in [3.63, 3.8) is 0 Å². The van der Waals surface area contributed by atoms with Crippen molar-refractivity contribution in [2.24, 2.45) is 5.92 Å². The molecule has 0 spiro atoms. The van der Waals surface area contributed by atoms with E-state index in [1.54, 1.807) is 7.11 Å². The highest BCUT2D eigenvalue weighted by Crippen LogP contribution is 2.14. The molecule has 102 valence electrons. The summed E-state index contributed by atoms with van der Waals surface area (Å²) in [6, 6.07) is 4.16. The van der Waals surface area contributed by atoms with Gasteiger partial charge in [-0.15, -0.1) is 0 Å². The number of ether oxygens (including phenoxy) is 1. The lowest BCUT2D eigenvalue weighted by Gasteiger charge is -2.21. The summed E-state index contributed by atoms with van der Waals surface area (Å²) in [4.78, 5) is 4.47. The van der Waals surface area contributed by atoms with Crippen LogP contribution in [0.25, 0.3) is 0 Å². The molecule has 1 unspecified atom stereocenters. The lowest BCUT2D eigenvalue weighted by Crippen LogP contribution is -2.34. The Balaban J connectivity index is 2.63. The van der Waals surface area contributed by atoms with Gasteiger partial charge in [-0.1, -0.05) is 13.8 Å². The Labute approximate surface area is 109 Å². The molecule has 0 aromatic carbocycles. The summed E-state index contributed by atoms with van der Waals surface area (Å²) >= 11 is 0. The molecule has 0 aliphatic rings. The molecule has 0 radical (unpaired) electrons. The van der Waals surface area contributed by atoms with Crippen LogP contribution in [0.15, 0.2) is 12.1 Å². The van der Waals surface area contributed by atoms with Gasteiger partial charge in [0.15, 0.2) is 0 Å². The first kappa shape index (κ1) is 14.9. The van der Waals surface area contributed by atoms with Crippen LogP contribution < -0.4 is 10.1 Å². The van der Waals surface area contributed by atoms with Gasteiger partial charge in [-0.05, 0) is 19.3 Å². The molecule has 18 heavy (non-hydrogen) atoms. The highest BCUT2D eigenvalue weighted by molar-refractivity contribution is 5.26. The monoisotopic (exact) mass is 252 g/mol. The molecule has 0 aliphatic carbocycles. The van der Waals surface area contributed by atoms with Gasteiger partial charge in [-0.2, -0.15) is 0 Å². The molecule has 0 aliphatic heterocycles. The van der Waals surface area contributed by atoms with Gasteiger partial charge in [-0.25, -0.2) is 0 Å². The normalized spacial score (nSPS) is 12.8. The summed E-state index contributed by atoms with van der Waals surface area (Å²) in [7, 11) is 1.66. The maximum atomic E-state index is 9.03. The molecule has 1 aromatic heterocycles. The quantitative estimate of drug-likeness (QED) is 0.778. The maximum absolute atomic E-state index is 9.03. The van der Waals surface area contributed by atoms with Crippen molar-refractivity contribution >= 4 is 0 Å². The molecule has 4 nitrogen and oxygen atoms in total. The minimum absolute atomic E-state index is 0.209. The maximum Gasteiger partial charge on any atom is 0.122 e.